The number of carbonyl (C=O) groups is 2. The average Bonchev–Trinajstić information content (AvgIpc) is 3.20. The van der Waals surface area contributed by atoms with Crippen molar-refractivity contribution >= 4 is 34.1 Å². The summed E-state index contributed by atoms with van der Waals surface area (Å²) in [5.41, 5.74) is 1.20. The van der Waals surface area contributed by atoms with Crippen LogP contribution in [0.25, 0.3) is 10.4 Å². The number of esters is 1. The number of anilines is 1. The third-order valence-electron chi connectivity index (χ3n) is 5.38. The highest BCUT2D eigenvalue weighted by Gasteiger charge is 2.27. The molecule has 0 radical (unpaired) electrons. The molecular weight excluding hydrogens is 520 g/mol. The maximum absolute atomic E-state index is 13.8. The van der Waals surface area contributed by atoms with Crippen molar-refractivity contribution < 1.29 is 32.8 Å². The highest BCUT2D eigenvalue weighted by Crippen LogP contribution is 2.42. The van der Waals surface area contributed by atoms with Gasteiger partial charge in [-0.05, 0) is 63.7 Å². The zero-order chi connectivity index (χ0) is 27.8. The fraction of sp³-hybridized carbons (Fsp3) is 0.308. The first-order valence-corrected chi connectivity index (χ1v) is 12.5. The molecule has 0 saturated carbocycles. The number of nitrogens with one attached hydrogen (secondary N) is 1. The molecular formula is C26H27F2N3O6S. The number of hydrogen-bond acceptors (Lipinski definition) is 8. The van der Waals surface area contributed by atoms with Crippen molar-refractivity contribution in [2.75, 3.05) is 32.6 Å². The first kappa shape index (κ1) is 28.7. The number of rotatable bonds is 11. The van der Waals surface area contributed by atoms with Crippen molar-refractivity contribution in [2.45, 2.75) is 26.3 Å². The Hall–Kier alpha value is -3.90. The van der Waals surface area contributed by atoms with Crippen LogP contribution in [-0.2, 0) is 22.4 Å². The van der Waals surface area contributed by atoms with Gasteiger partial charge < -0.3 is 14.4 Å². The van der Waals surface area contributed by atoms with Crippen LogP contribution in [0, 0.1) is 21.7 Å². The van der Waals surface area contributed by atoms with Gasteiger partial charge in [-0.1, -0.05) is 6.07 Å². The number of hydrogen-bond donors (Lipinski definition) is 1. The van der Waals surface area contributed by atoms with Crippen LogP contribution in [0.15, 0.2) is 42.5 Å². The Balaban J connectivity index is 1.84. The van der Waals surface area contributed by atoms with E-state index in [2.05, 4.69) is 5.32 Å². The van der Waals surface area contributed by atoms with E-state index in [9.17, 15) is 28.5 Å². The minimum atomic E-state index is -0.850. The summed E-state index contributed by atoms with van der Waals surface area (Å²) in [7, 11) is 3.62. The minimum absolute atomic E-state index is 0.0378. The summed E-state index contributed by atoms with van der Waals surface area (Å²) in [6, 6.07) is 9.46. The quantitative estimate of drug-likeness (QED) is 0.135. The van der Waals surface area contributed by atoms with Gasteiger partial charge in [-0.2, -0.15) is 0 Å². The molecule has 0 spiro atoms. The van der Waals surface area contributed by atoms with E-state index in [-0.39, 0.29) is 47.9 Å². The van der Waals surface area contributed by atoms with Gasteiger partial charge in [0, 0.05) is 34.7 Å². The molecule has 0 aliphatic carbocycles. The predicted octanol–water partition coefficient (Wildman–Crippen LogP) is 6.02. The number of ether oxygens (including phenoxy) is 2. The fourth-order valence-corrected chi connectivity index (χ4v) is 4.91. The number of halogens is 2. The first-order valence-electron chi connectivity index (χ1n) is 11.7. The highest BCUT2D eigenvalue weighted by molar-refractivity contribution is 7.20. The van der Waals surface area contributed by atoms with Gasteiger partial charge in [-0.25, -0.2) is 18.4 Å². The fourth-order valence-electron chi connectivity index (χ4n) is 3.72. The molecule has 1 heterocycles. The van der Waals surface area contributed by atoms with Crippen LogP contribution in [-0.4, -0.2) is 49.2 Å². The van der Waals surface area contributed by atoms with E-state index in [0.29, 0.717) is 22.5 Å². The maximum atomic E-state index is 13.8. The Bertz CT molecular complexity index is 1290. The van der Waals surface area contributed by atoms with Crippen LogP contribution in [0.1, 0.15) is 34.8 Å². The van der Waals surface area contributed by atoms with Crippen LogP contribution < -0.4 is 5.32 Å². The van der Waals surface area contributed by atoms with Crippen LogP contribution in [0.5, 0.6) is 0 Å². The summed E-state index contributed by atoms with van der Waals surface area (Å²) in [5, 5.41) is 13.8. The molecule has 0 aliphatic heterocycles. The summed E-state index contributed by atoms with van der Waals surface area (Å²) in [5.74, 6) is -1.97. The second-order valence-electron chi connectivity index (χ2n) is 8.44. The number of thiophene rings is 1. The molecule has 1 aromatic heterocycles. The molecule has 1 amide bonds. The molecule has 38 heavy (non-hydrogen) atoms. The second-order valence-corrected chi connectivity index (χ2v) is 9.46. The molecule has 0 saturated heterocycles. The maximum Gasteiger partial charge on any atom is 0.412 e. The molecule has 0 aliphatic rings. The summed E-state index contributed by atoms with van der Waals surface area (Å²) in [4.78, 5) is 38.5. The number of non-ortho nitro benzene ring substituents is 1. The lowest BCUT2D eigenvalue weighted by Gasteiger charge is -2.13. The molecule has 1 N–H and O–H groups in total. The van der Waals surface area contributed by atoms with Gasteiger partial charge in [0.1, 0.15) is 16.6 Å². The van der Waals surface area contributed by atoms with Gasteiger partial charge in [0.25, 0.3) is 5.69 Å². The molecule has 202 valence electrons. The van der Waals surface area contributed by atoms with E-state index >= 15 is 0 Å². The summed E-state index contributed by atoms with van der Waals surface area (Å²) in [6.45, 7) is 1.98. The van der Waals surface area contributed by atoms with Crippen molar-refractivity contribution in [3.63, 3.8) is 0 Å². The largest absolute Gasteiger partial charge is 0.462 e. The summed E-state index contributed by atoms with van der Waals surface area (Å²) >= 11 is 1.11. The third kappa shape index (κ3) is 7.11. The van der Waals surface area contributed by atoms with E-state index in [0.717, 1.165) is 23.5 Å². The molecule has 3 aromatic rings. The summed E-state index contributed by atoms with van der Waals surface area (Å²) < 4.78 is 38.0. The predicted molar refractivity (Wildman–Crippen MR) is 139 cm³/mol. The van der Waals surface area contributed by atoms with E-state index < -0.39 is 28.6 Å². The lowest BCUT2D eigenvalue weighted by Crippen LogP contribution is -2.18. The van der Waals surface area contributed by atoms with Crippen molar-refractivity contribution in [3.8, 4) is 10.4 Å². The van der Waals surface area contributed by atoms with E-state index in [1.807, 2.05) is 19.0 Å². The monoisotopic (exact) mass is 547 g/mol. The third-order valence-corrected chi connectivity index (χ3v) is 6.58. The molecule has 12 heteroatoms. The molecule has 0 bridgehead atoms. The van der Waals surface area contributed by atoms with Crippen LogP contribution in [0.2, 0.25) is 0 Å². The van der Waals surface area contributed by atoms with Crippen LogP contribution in [0.3, 0.4) is 0 Å². The second kappa shape index (κ2) is 13.1. The Morgan fingerprint density at radius 3 is 2.29 bits per heavy atom. The highest BCUT2D eigenvalue weighted by atomic mass is 32.1. The Morgan fingerprint density at radius 2 is 1.71 bits per heavy atom. The average molecular weight is 548 g/mol. The van der Waals surface area contributed by atoms with Gasteiger partial charge in [0.15, 0.2) is 0 Å². The molecule has 0 unspecified atom stereocenters. The first-order chi connectivity index (χ1) is 18.1. The Morgan fingerprint density at radius 1 is 1.05 bits per heavy atom. The van der Waals surface area contributed by atoms with Crippen LogP contribution >= 0.6 is 11.3 Å². The lowest BCUT2D eigenvalue weighted by atomic mass is 10.0. The summed E-state index contributed by atoms with van der Waals surface area (Å²) in [6.07, 6.45) is -0.631. The zero-order valence-corrected chi connectivity index (χ0v) is 21.9. The lowest BCUT2D eigenvalue weighted by molar-refractivity contribution is -0.384. The van der Waals surface area contributed by atoms with E-state index in [4.69, 9.17) is 9.47 Å². The van der Waals surface area contributed by atoms with Crippen molar-refractivity contribution in [2.24, 2.45) is 0 Å². The number of nitro benzene ring substituents is 1. The van der Waals surface area contributed by atoms with Gasteiger partial charge in [-0.3, -0.25) is 15.4 Å². The Labute approximate surface area is 222 Å². The topological polar surface area (TPSA) is 111 Å². The number of amides is 1. The van der Waals surface area contributed by atoms with Crippen molar-refractivity contribution in [1.82, 2.24) is 4.90 Å². The smallest absolute Gasteiger partial charge is 0.412 e. The molecule has 9 nitrogen and oxygen atoms in total. The van der Waals surface area contributed by atoms with Gasteiger partial charge in [-0.15, -0.1) is 11.3 Å². The van der Waals surface area contributed by atoms with Crippen molar-refractivity contribution in [1.29, 1.82) is 0 Å². The standard InChI is InChI=1S/C26H27F2N3O6S/c1-4-36-25(32)22-19(15-30(2)3)23(16-10-12-17(13-11-16)31(34)35)38-24(22)29-26(33)37-14-6-7-18-20(27)8-5-9-21(18)28/h5,8-13H,4,6-7,14-15H2,1-3H3,(H,29,33). The number of carbonyl (C=O) groups excluding carboxylic acids is 2. The SMILES string of the molecule is CCOC(=O)c1c(NC(=O)OCCCc2c(F)cccc2F)sc(-c2ccc([N+](=O)[O-])cc2)c1CN(C)C. The van der Waals surface area contributed by atoms with E-state index in [1.165, 1.54) is 18.2 Å². The number of benzene rings is 2. The normalized spacial score (nSPS) is 10.9. The van der Waals surface area contributed by atoms with Gasteiger partial charge in [0.05, 0.1) is 23.7 Å². The van der Waals surface area contributed by atoms with Crippen LogP contribution in [0.4, 0.5) is 24.3 Å². The number of nitro groups is 1. The molecule has 0 atom stereocenters. The molecule has 0 fully saturated rings. The molecule has 2 aromatic carbocycles. The van der Waals surface area contributed by atoms with Gasteiger partial charge in [0.2, 0.25) is 0 Å². The minimum Gasteiger partial charge on any atom is -0.462 e. The number of nitrogens with zero attached hydrogens (tertiary/aromatic N) is 2. The Kier molecular flexibility index (Phi) is 9.85. The van der Waals surface area contributed by atoms with Gasteiger partial charge >= 0.3 is 12.1 Å². The molecule has 3 rings (SSSR count). The zero-order valence-electron chi connectivity index (χ0n) is 21.1. The van der Waals surface area contributed by atoms with E-state index in [1.54, 1.807) is 19.1 Å². The van der Waals surface area contributed by atoms with Crippen molar-refractivity contribution in [3.05, 3.63) is 80.9 Å².